The lowest BCUT2D eigenvalue weighted by atomic mass is 10.1. The van der Waals surface area contributed by atoms with Gasteiger partial charge in [0.1, 0.15) is 18.4 Å². The van der Waals surface area contributed by atoms with Crippen molar-refractivity contribution in [3.63, 3.8) is 0 Å². The van der Waals surface area contributed by atoms with Crippen LogP contribution in [0.5, 0.6) is 0 Å². The fourth-order valence-corrected chi connectivity index (χ4v) is 5.97. The van der Waals surface area contributed by atoms with E-state index in [0.29, 0.717) is 28.6 Å². The molecule has 1 atom stereocenters. The number of carbonyl (C=O) groups excluding carboxylic acids is 2. The number of aryl methyl sites for hydroxylation is 1. The van der Waals surface area contributed by atoms with Gasteiger partial charge in [0, 0.05) is 23.1 Å². The number of rotatable bonds is 12. The lowest BCUT2D eigenvalue weighted by Gasteiger charge is -2.33. The zero-order valence-electron chi connectivity index (χ0n) is 22.5. The Bertz CT molecular complexity index is 1430. The van der Waals surface area contributed by atoms with Crippen LogP contribution in [0.4, 0.5) is 10.1 Å². The summed E-state index contributed by atoms with van der Waals surface area (Å²) in [7, 11) is -4.25. The SMILES string of the molecule is CCCNC(=O)C(CC)N(Cc1ccc(Cl)cc1Cl)C(=O)CN(c1ccc(F)cc1)S(=O)(=O)c1ccc(C)cc1. The first kappa shape index (κ1) is 31.4. The second-order valence-corrected chi connectivity index (χ2v) is 12.0. The van der Waals surface area contributed by atoms with Gasteiger partial charge < -0.3 is 10.2 Å². The van der Waals surface area contributed by atoms with E-state index in [9.17, 15) is 22.4 Å². The zero-order chi connectivity index (χ0) is 29.4. The number of sulfonamides is 1. The summed E-state index contributed by atoms with van der Waals surface area (Å²) >= 11 is 12.5. The molecule has 3 aromatic carbocycles. The molecule has 3 aromatic rings. The Morgan fingerprint density at radius 2 is 1.62 bits per heavy atom. The van der Waals surface area contributed by atoms with E-state index < -0.39 is 34.3 Å². The van der Waals surface area contributed by atoms with Gasteiger partial charge in [0.05, 0.1) is 10.6 Å². The first-order valence-electron chi connectivity index (χ1n) is 12.8. The maximum absolute atomic E-state index is 14.0. The largest absolute Gasteiger partial charge is 0.354 e. The Kier molecular flexibility index (Phi) is 11.0. The lowest BCUT2D eigenvalue weighted by Crippen LogP contribution is -2.52. The summed E-state index contributed by atoms with van der Waals surface area (Å²) in [5, 5.41) is 3.53. The molecule has 0 aliphatic heterocycles. The topological polar surface area (TPSA) is 86.8 Å². The van der Waals surface area contributed by atoms with Gasteiger partial charge in [0.2, 0.25) is 11.8 Å². The van der Waals surface area contributed by atoms with Crippen LogP contribution in [0, 0.1) is 12.7 Å². The maximum atomic E-state index is 14.0. The van der Waals surface area contributed by atoms with Crippen molar-refractivity contribution >= 4 is 50.7 Å². The molecule has 0 aliphatic carbocycles. The van der Waals surface area contributed by atoms with Crippen molar-refractivity contribution in [2.45, 2.75) is 51.1 Å². The molecule has 3 rings (SSSR count). The normalized spacial score (nSPS) is 12.1. The molecular weight excluding hydrogens is 576 g/mol. The molecule has 40 heavy (non-hydrogen) atoms. The van der Waals surface area contributed by atoms with E-state index in [-0.39, 0.29) is 29.5 Å². The van der Waals surface area contributed by atoms with Crippen LogP contribution in [0.1, 0.15) is 37.8 Å². The van der Waals surface area contributed by atoms with Crippen molar-refractivity contribution in [1.29, 1.82) is 0 Å². The van der Waals surface area contributed by atoms with Crippen molar-refractivity contribution in [3.05, 3.63) is 93.7 Å². The third-order valence-electron chi connectivity index (χ3n) is 6.29. The molecule has 0 heterocycles. The average molecular weight is 609 g/mol. The molecule has 1 unspecified atom stereocenters. The second-order valence-electron chi connectivity index (χ2n) is 9.27. The zero-order valence-corrected chi connectivity index (χ0v) is 24.9. The minimum atomic E-state index is -4.25. The number of amides is 2. The highest BCUT2D eigenvalue weighted by atomic mass is 35.5. The number of hydrogen-bond donors (Lipinski definition) is 1. The molecule has 0 spiro atoms. The standard InChI is InChI=1S/C29H32Cl2FN3O4S/c1-4-16-33-29(37)27(5-2)34(18-21-8-9-22(30)17-26(21)31)28(36)19-35(24-12-10-23(32)11-13-24)40(38,39)25-14-6-20(3)7-15-25/h6-15,17,27H,4-5,16,18-19H2,1-3H3,(H,33,37). The van der Waals surface area contributed by atoms with E-state index >= 15 is 0 Å². The van der Waals surface area contributed by atoms with Crippen LogP contribution in [-0.4, -0.2) is 44.3 Å². The summed E-state index contributed by atoms with van der Waals surface area (Å²) in [6.07, 6.45) is 0.972. The molecule has 7 nitrogen and oxygen atoms in total. The van der Waals surface area contributed by atoms with Gasteiger partial charge in [-0.2, -0.15) is 0 Å². The predicted molar refractivity (Wildman–Crippen MR) is 157 cm³/mol. The Morgan fingerprint density at radius 3 is 2.20 bits per heavy atom. The monoisotopic (exact) mass is 607 g/mol. The number of halogens is 3. The summed E-state index contributed by atoms with van der Waals surface area (Å²) in [4.78, 5) is 28.4. The maximum Gasteiger partial charge on any atom is 0.264 e. The Labute approximate surface area is 244 Å². The molecule has 0 radical (unpaired) electrons. The molecule has 0 aromatic heterocycles. The number of carbonyl (C=O) groups is 2. The van der Waals surface area contributed by atoms with Crippen molar-refractivity contribution in [2.75, 3.05) is 17.4 Å². The second kappa shape index (κ2) is 14.0. The fourth-order valence-electron chi connectivity index (χ4n) is 4.09. The molecular formula is C29H32Cl2FN3O4S. The van der Waals surface area contributed by atoms with Gasteiger partial charge in [-0.15, -0.1) is 0 Å². The van der Waals surface area contributed by atoms with Crippen LogP contribution in [0.2, 0.25) is 10.0 Å². The Balaban J connectivity index is 2.06. The highest BCUT2D eigenvalue weighted by Gasteiger charge is 2.34. The average Bonchev–Trinajstić information content (AvgIpc) is 2.92. The summed E-state index contributed by atoms with van der Waals surface area (Å²) in [5.41, 5.74) is 1.50. The number of nitrogens with one attached hydrogen (secondary N) is 1. The minimum Gasteiger partial charge on any atom is -0.354 e. The molecule has 1 N–H and O–H groups in total. The quantitative estimate of drug-likeness (QED) is 0.275. The number of nitrogens with zero attached hydrogens (tertiary/aromatic N) is 2. The highest BCUT2D eigenvalue weighted by molar-refractivity contribution is 7.92. The van der Waals surface area contributed by atoms with Crippen molar-refractivity contribution < 1.29 is 22.4 Å². The number of anilines is 1. The van der Waals surface area contributed by atoms with Gasteiger partial charge in [-0.1, -0.05) is 60.8 Å². The van der Waals surface area contributed by atoms with Crippen molar-refractivity contribution in [3.8, 4) is 0 Å². The van der Waals surface area contributed by atoms with Gasteiger partial charge in [-0.05, 0) is 73.9 Å². The first-order chi connectivity index (χ1) is 19.0. The van der Waals surface area contributed by atoms with E-state index in [2.05, 4.69) is 5.32 Å². The Morgan fingerprint density at radius 1 is 0.975 bits per heavy atom. The lowest BCUT2D eigenvalue weighted by molar-refractivity contribution is -0.140. The van der Waals surface area contributed by atoms with E-state index in [1.54, 1.807) is 31.2 Å². The smallest absolute Gasteiger partial charge is 0.264 e. The van der Waals surface area contributed by atoms with Crippen molar-refractivity contribution in [1.82, 2.24) is 10.2 Å². The van der Waals surface area contributed by atoms with Crippen LogP contribution in [-0.2, 0) is 26.2 Å². The summed E-state index contributed by atoms with van der Waals surface area (Å²) in [5.74, 6) is -1.55. The number of benzene rings is 3. The van der Waals surface area contributed by atoms with Crippen LogP contribution < -0.4 is 9.62 Å². The van der Waals surface area contributed by atoms with E-state index in [1.807, 2.05) is 13.8 Å². The molecule has 0 saturated heterocycles. The molecule has 11 heteroatoms. The molecule has 0 fully saturated rings. The van der Waals surface area contributed by atoms with Gasteiger partial charge >= 0.3 is 0 Å². The van der Waals surface area contributed by atoms with Crippen LogP contribution >= 0.6 is 23.2 Å². The van der Waals surface area contributed by atoms with Gasteiger partial charge in [0.25, 0.3) is 10.0 Å². The van der Waals surface area contributed by atoms with Gasteiger partial charge in [-0.25, -0.2) is 12.8 Å². The van der Waals surface area contributed by atoms with Crippen LogP contribution in [0.3, 0.4) is 0 Å². The summed E-state index contributed by atoms with van der Waals surface area (Å²) < 4.78 is 42.3. The first-order valence-corrected chi connectivity index (χ1v) is 15.0. The highest BCUT2D eigenvalue weighted by Crippen LogP contribution is 2.27. The minimum absolute atomic E-state index is 0.0322. The van der Waals surface area contributed by atoms with E-state index in [0.717, 1.165) is 22.0 Å². The fraction of sp³-hybridized carbons (Fsp3) is 0.310. The summed E-state index contributed by atoms with van der Waals surface area (Å²) in [6, 6.07) is 14.9. The summed E-state index contributed by atoms with van der Waals surface area (Å²) in [6.45, 7) is 5.22. The molecule has 0 saturated carbocycles. The molecule has 0 bridgehead atoms. The van der Waals surface area contributed by atoms with Crippen LogP contribution in [0.25, 0.3) is 0 Å². The van der Waals surface area contributed by atoms with E-state index in [1.165, 1.54) is 35.2 Å². The molecule has 2 amide bonds. The molecule has 214 valence electrons. The molecule has 0 aliphatic rings. The van der Waals surface area contributed by atoms with Crippen LogP contribution in [0.15, 0.2) is 71.6 Å². The van der Waals surface area contributed by atoms with Gasteiger partial charge in [-0.3, -0.25) is 13.9 Å². The number of hydrogen-bond acceptors (Lipinski definition) is 4. The predicted octanol–water partition coefficient (Wildman–Crippen LogP) is 5.97. The third kappa shape index (κ3) is 7.74. The Hall–Kier alpha value is -3.14. The van der Waals surface area contributed by atoms with Gasteiger partial charge in [0.15, 0.2) is 0 Å². The van der Waals surface area contributed by atoms with E-state index in [4.69, 9.17) is 23.2 Å². The van der Waals surface area contributed by atoms with Crippen molar-refractivity contribution in [2.24, 2.45) is 0 Å². The third-order valence-corrected chi connectivity index (χ3v) is 8.67.